The summed E-state index contributed by atoms with van der Waals surface area (Å²) in [6.45, 7) is 0. The predicted octanol–water partition coefficient (Wildman–Crippen LogP) is 2.06. The molecule has 5 heteroatoms. The van der Waals surface area contributed by atoms with E-state index in [-0.39, 0.29) is 0 Å². The van der Waals surface area contributed by atoms with E-state index in [9.17, 15) is 4.79 Å². The highest BCUT2D eigenvalue weighted by atomic mass is 79.9. The molecule has 1 amide bonds. The lowest BCUT2D eigenvalue weighted by molar-refractivity contribution is 0.561. The SMILES string of the molecule is Nc1c(N[C]=O)cnc2cc(Br)ccc12. The standard InChI is InChI=1S/C10H7BrN3O/c11-6-1-2-7-8(3-6)13-4-9(10(7)12)14-5-15/h1-4H,(H2,12,13)(H,14,15). The van der Waals surface area contributed by atoms with E-state index < -0.39 is 0 Å². The van der Waals surface area contributed by atoms with Gasteiger partial charge in [0, 0.05) is 9.86 Å². The Bertz CT molecular complexity index is 527. The number of pyridine rings is 1. The molecule has 0 bridgehead atoms. The van der Waals surface area contributed by atoms with Crippen LogP contribution in [-0.2, 0) is 4.79 Å². The van der Waals surface area contributed by atoms with Crippen molar-refractivity contribution in [3.63, 3.8) is 0 Å². The average Bonchev–Trinajstić information content (AvgIpc) is 2.22. The Labute approximate surface area is 94.6 Å². The van der Waals surface area contributed by atoms with Crippen LogP contribution in [0.2, 0.25) is 0 Å². The molecule has 0 saturated carbocycles. The molecule has 1 heterocycles. The van der Waals surface area contributed by atoms with Gasteiger partial charge in [0.2, 0.25) is 0 Å². The summed E-state index contributed by atoms with van der Waals surface area (Å²) in [7, 11) is 0. The van der Waals surface area contributed by atoms with Gasteiger partial charge in [-0.15, -0.1) is 0 Å². The highest BCUT2D eigenvalue weighted by Gasteiger charge is 2.05. The number of aromatic nitrogens is 1. The van der Waals surface area contributed by atoms with E-state index in [1.165, 1.54) is 6.20 Å². The van der Waals surface area contributed by atoms with Gasteiger partial charge >= 0.3 is 6.41 Å². The number of carbonyl (C=O) groups excluding carboxylic acids is 1. The van der Waals surface area contributed by atoms with E-state index in [1.807, 2.05) is 18.2 Å². The fraction of sp³-hybridized carbons (Fsp3) is 0. The first kappa shape index (κ1) is 9.92. The molecule has 75 valence electrons. The van der Waals surface area contributed by atoms with Crippen LogP contribution in [0, 0.1) is 0 Å². The Balaban J connectivity index is 2.68. The van der Waals surface area contributed by atoms with Crippen molar-refractivity contribution in [1.29, 1.82) is 0 Å². The van der Waals surface area contributed by atoms with E-state index in [4.69, 9.17) is 5.73 Å². The fourth-order valence-electron chi connectivity index (χ4n) is 1.34. The van der Waals surface area contributed by atoms with Crippen LogP contribution in [0.5, 0.6) is 0 Å². The molecule has 1 radical (unpaired) electrons. The predicted molar refractivity (Wildman–Crippen MR) is 63.2 cm³/mol. The summed E-state index contributed by atoms with van der Waals surface area (Å²) in [4.78, 5) is 14.4. The molecule has 0 spiro atoms. The first-order valence-electron chi connectivity index (χ1n) is 4.19. The molecule has 0 aliphatic carbocycles. The number of fused-ring (bicyclic) bond motifs is 1. The van der Waals surface area contributed by atoms with Gasteiger partial charge in [-0.1, -0.05) is 15.9 Å². The number of halogens is 1. The molecular weight excluding hydrogens is 258 g/mol. The Morgan fingerprint density at radius 2 is 2.27 bits per heavy atom. The number of nitrogen functional groups attached to an aromatic ring is 1. The Morgan fingerprint density at radius 3 is 3.00 bits per heavy atom. The molecule has 1 aromatic carbocycles. The first-order valence-corrected chi connectivity index (χ1v) is 4.98. The molecule has 0 aliphatic heterocycles. The van der Waals surface area contributed by atoms with Gasteiger partial charge in [0.05, 0.1) is 23.1 Å². The monoisotopic (exact) mass is 264 g/mol. The molecule has 3 N–H and O–H groups in total. The third-order valence-electron chi connectivity index (χ3n) is 2.06. The maximum Gasteiger partial charge on any atom is 0.314 e. The van der Waals surface area contributed by atoms with Crippen molar-refractivity contribution in [3.8, 4) is 0 Å². The van der Waals surface area contributed by atoms with E-state index in [2.05, 4.69) is 26.2 Å². The number of amides is 1. The molecule has 1 aromatic heterocycles. The molecule has 2 aromatic rings. The lowest BCUT2D eigenvalue weighted by Gasteiger charge is -2.06. The smallest absolute Gasteiger partial charge is 0.314 e. The van der Waals surface area contributed by atoms with Gasteiger partial charge in [0.25, 0.3) is 0 Å². The van der Waals surface area contributed by atoms with Crippen molar-refractivity contribution in [3.05, 3.63) is 28.9 Å². The Morgan fingerprint density at radius 1 is 1.47 bits per heavy atom. The van der Waals surface area contributed by atoms with Gasteiger partial charge in [-0.25, -0.2) is 0 Å². The van der Waals surface area contributed by atoms with Gasteiger partial charge in [0.1, 0.15) is 0 Å². The van der Waals surface area contributed by atoms with E-state index in [1.54, 1.807) is 6.41 Å². The van der Waals surface area contributed by atoms with E-state index in [0.717, 1.165) is 15.4 Å². The zero-order valence-corrected chi connectivity index (χ0v) is 9.21. The van der Waals surface area contributed by atoms with Crippen molar-refractivity contribution in [2.75, 3.05) is 11.1 Å². The average molecular weight is 265 g/mol. The summed E-state index contributed by atoms with van der Waals surface area (Å²) in [6.07, 6.45) is 3.08. The molecule has 15 heavy (non-hydrogen) atoms. The number of hydrogen-bond acceptors (Lipinski definition) is 3. The summed E-state index contributed by atoms with van der Waals surface area (Å²) in [5, 5.41) is 3.18. The normalized spacial score (nSPS) is 10.2. The van der Waals surface area contributed by atoms with Crippen LogP contribution in [0.3, 0.4) is 0 Å². The second kappa shape index (κ2) is 3.86. The molecule has 0 aliphatic rings. The van der Waals surface area contributed by atoms with Crippen LogP contribution < -0.4 is 11.1 Å². The summed E-state index contributed by atoms with van der Waals surface area (Å²) in [6, 6.07) is 5.58. The zero-order chi connectivity index (χ0) is 10.8. The summed E-state index contributed by atoms with van der Waals surface area (Å²) in [5.41, 5.74) is 7.60. The van der Waals surface area contributed by atoms with E-state index in [0.29, 0.717) is 11.4 Å². The molecule has 4 nitrogen and oxygen atoms in total. The van der Waals surface area contributed by atoms with Gasteiger partial charge in [0.15, 0.2) is 0 Å². The van der Waals surface area contributed by atoms with Crippen molar-refractivity contribution in [2.45, 2.75) is 0 Å². The number of rotatable bonds is 2. The van der Waals surface area contributed by atoms with Crippen LogP contribution in [0.25, 0.3) is 10.9 Å². The number of nitrogens with zero attached hydrogens (tertiary/aromatic N) is 1. The molecule has 0 saturated heterocycles. The van der Waals surface area contributed by atoms with Gasteiger partial charge < -0.3 is 11.1 Å². The highest BCUT2D eigenvalue weighted by molar-refractivity contribution is 9.10. The summed E-state index contributed by atoms with van der Waals surface area (Å²) in [5.74, 6) is 0. The topological polar surface area (TPSA) is 68.0 Å². The highest BCUT2D eigenvalue weighted by Crippen LogP contribution is 2.28. The maximum absolute atomic E-state index is 10.2. The Hall–Kier alpha value is -1.62. The van der Waals surface area contributed by atoms with Gasteiger partial charge in [-0.2, -0.15) is 0 Å². The summed E-state index contributed by atoms with van der Waals surface area (Å²) >= 11 is 3.35. The van der Waals surface area contributed by atoms with Crippen LogP contribution in [0.15, 0.2) is 28.9 Å². The lowest BCUT2D eigenvalue weighted by Crippen LogP contribution is -2.00. The van der Waals surface area contributed by atoms with Crippen molar-refractivity contribution >= 4 is 44.6 Å². The first-order chi connectivity index (χ1) is 7.22. The number of nitrogens with two attached hydrogens (primary N) is 1. The molecule has 0 fully saturated rings. The third-order valence-corrected chi connectivity index (χ3v) is 2.55. The lowest BCUT2D eigenvalue weighted by atomic mass is 10.2. The van der Waals surface area contributed by atoms with Gasteiger partial charge in [-0.3, -0.25) is 9.78 Å². The molecule has 2 rings (SSSR count). The minimum absolute atomic E-state index is 0.472. The minimum atomic E-state index is 0.472. The van der Waals surface area contributed by atoms with Crippen LogP contribution in [-0.4, -0.2) is 11.4 Å². The Kier molecular flexibility index (Phi) is 2.55. The molecule has 0 atom stereocenters. The van der Waals surface area contributed by atoms with Gasteiger partial charge in [-0.05, 0) is 18.2 Å². The largest absolute Gasteiger partial charge is 0.396 e. The molecule has 0 unspecified atom stereocenters. The fourth-order valence-corrected chi connectivity index (χ4v) is 1.69. The number of benzene rings is 1. The quantitative estimate of drug-likeness (QED) is 0.816. The van der Waals surface area contributed by atoms with Crippen LogP contribution in [0.1, 0.15) is 0 Å². The summed E-state index contributed by atoms with van der Waals surface area (Å²) < 4.78 is 0.935. The van der Waals surface area contributed by atoms with E-state index >= 15 is 0 Å². The van der Waals surface area contributed by atoms with Crippen LogP contribution in [0.4, 0.5) is 11.4 Å². The molecular formula is C10H7BrN3O. The number of hydrogen-bond donors (Lipinski definition) is 2. The van der Waals surface area contributed by atoms with Crippen molar-refractivity contribution in [2.24, 2.45) is 0 Å². The van der Waals surface area contributed by atoms with Crippen molar-refractivity contribution in [1.82, 2.24) is 4.98 Å². The maximum atomic E-state index is 10.2. The number of nitrogens with one attached hydrogen (secondary N) is 1. The van der Waals surface area contributed by atoms with Crippen LogP contribution >= 0.6 is 15.9 Å². The minimum Gasteiger partial charge on any atom is -0.396 e. The zero-order valence-electron chi connectivity index (χ0n) is 7.62. The second-order valence-corrected chi connectivity index (χ2v) is 3.89. The second-order valence-electron chi connectivity index (χ2n) is 2.97. The third kappa shape index (κ3) is 1.78. The van der Waals surface area contributed by atoms with Crippen molar-refractivity contribution < 1.29 is 4.79 Å². The number of anilines is 2.